The average molecular weight is 382 g/mol. The van der Waals surface area contributed by atoms with Gasteiger partial charge in [0.1, 0.15) is 10.7 Å². The van der Waals surface area contributed by atoms with Crippen LogP contribution >= 0.6 is 11.3 Å². The van der Waals surface area contributed by atoms with E-state index >= 15 is 0 Å². The molecular weight excluding hydrogens is 363 g/mol. The van der Waals surface area contributed by atoms with E-state index in [-0.39, 0.29) is 17.6 Å². The van der Waals surface area contributed by atoms with E-state index in [2.05, 4.69) is 15.0 Å². The highest BCUT2D eigenvalue weighted by molar-refractivity contribution is 7.11. The van der Waals surface area contributed by atoms with Crippen LogP contribution in [0.3, 0.4) is 0 Å². The lowest BCUT2D eigenvalue weighted by molar-refractivity contribution is 0.0710. The number of aryl methyl sites for hydroxylation is 1. The molecule has 1 aliphatic rings. The van der Waals surface area contributed by atoms with Crippen LogP contribution in [0.15, 0.2) is 42.2 Å². The molecular formula is C20H19FN4OS. The third-order valence-electron chi connectivity index (χ3n) is 4.86. The quantitative estimate of drug-likeness (QED) is 0.685. The topological polar surface area (TPSA) is 59.0 Å². The minimum absolute atomic E-state index is 0.0240. The van der Waals surface area contributed by atoms with Gasteiger partial charge in [0, 0.05) is 37.0 Å². The van der Waals surface area contributed by atoms with E-state index in [1.807, 2.05) is 17.9 Å². The van der Waals surface area contributed by atoms with Gasteiger partial charge < -0.3 is 4.90 Å². The van der Waals surface area contributed by atoms with Gasteiger partial charge in [-0.25, -0.2) is 9.37 Å². The standard InChI is InChI=1S/C20H19FN4OS/c1-13-19(27-12-24-13)20(26)25-9-3-5-15(11-25)18-17(22-7-8-23-18)14-4-2-6-16(21)10-14/h2,4,6-8,10,12,15H,3,5,9,11H2,1H3/t15-/m1/s1. The van der Waals surface area contributed by atoms with Gasteiger partial charge in [-0.05, 0) is 31.9 Å². The minimum Gasteiger partial charge on any atom is -0.337 e. The van der Waals surface area contributed by atoms with Crippen LogP contribution in [0, 0.1) is 12.7 Å². The second-order valence-corrected chi connectivity index (χ2v) is 7.51. The van der Waals surface area contributed by atoms with Crippen LogP contribution in [-0.4, -0.2) is 38.8 Å². The first-order chi connectivity index (χ1) is 13.1. The molecule has 7 heteroatoms. The monoisotopic (exact) mass is 382 g/mol. The molecule has 0 aliphatic carbocycles. The number of hydrogen-bond acceptors (Lipinski definition) is 5. The number of halogens is 1. The number of carbonyl (C=O) groups excluding carboxylic acids is 1. The lowest BCUT2D eigenvalue weighted by Gasteiger charge is -2.32. The third-order valence-corrected chi connectivity index (χ3v) is 5.78. The summed E-state index contributed by atoms with van der Waals surface area (Å²) >= 11 is 1.38. The first-order valence-corrected chi connectivity index (χ1v) is 9.77. The zero-order valence-corrected chi connectivity index (χ0v) is 15.7. The fourth-order valence-corrected chi connectivity index (χ4v) is 4.31. The summed E-state index contributed by atoms with van der Waals surface area (Å²) in [7, 11) is 0. The van der Waals surface area contributed by atoms with Crippen molar-refractivity contribution in [3.63, 3.8) is 0 Å². The van der Waals surface area contributed by atoms with Crippen molar-refractivity contribution in [3.05, 3.63) is 64.3 Å². The van der Waals surface area contributed by atoms with Crippen molar-refractivity contribution in [2.75, 3.05) is 13.1 Å². The zero-order chi connectivity index (χ0) is 18.8. The summed E-state index contributed by atoms with van der Waals surface area (Å²) in [5.74, 6) is -0.205. The third kappa shape index (κ3) is 3.60. The van der Waals surface area contributed by atoms with Gasteiger partial charge in [-0.1, -0.05) is 12.1 Å². The van der Waals surface area contributed by atoms with Gasteiger partial charge in [-0.15, -0.1) is 11.3 Å². The minimum atomic E-state index is -0.301. The predicted octanol–water partition coefficient (Wildman–Crippen LogP) is 4.07. The normalized spacial score (nSPS) is 17.1. The average Bonchev–Trinajstić information content (AvgIpc) is 3.13. The molecule has 0 unspecified atom stereocenters. The number of rotatable bonds is 3. The Morgan fingerprint density at radius 2 is 2.11 bits per heavy atom. The van der Waals surface area contributed by atoms with Crippen molar-refractivity contribution >= 4 is 17.2 Å². The Hall–Kier alpha value is -2.67. The molecule has 1 amide bonds. The summed E-state index contributed by atoms with van der Waals surface area (Å²) in [6.07, 6.45) is 5.10. The SMILES string of the molecule is Cc1ncsc1C(=O)N1CCC[C@@H](c2nccnc2-c2cccc(F)c2)C1. The van der Waals surface area contributed by atoms with Gasteiger partial charge in [-0.2, -0.15) is 0 Å². The predicted molar refractivity (Wildman–Crippen MR) is 102 cm³/mol. The summed E-state index contributed by atoms with van der Waals surface area (Å²) in [6, 6.07) is 6.40. The summed E-state index contributed by atoms with van der Waals surface area (Å²) < 4.78 is 13.7. The number of benzene rings is 1. The first kappa shape index (κ1) is 17.7. The van der Waals surface area contributed by atoms with Gasteiger partial charge >= 0.3 is 0 Å². The molecule has 27 heavy (non-hydrogen) atoms. The van der Waals surface area contributed by atoms with Gasteiger partial charge in [0.25, 0.3) is 5.91 Å². The largest absolute Gasteiger partial charge is 0.337 e. The Morgan fingerprint density at radius 1 is 1.26 bits per heavy atom. The molecule has 1 atom stereocenters. The fraction of sp³-hybridized carbons (Fsp3) is 0.300. The molecule has 1 saturated heterocycles. The maximum Gasteiger partial charge on any atom is 0.265 e. The van der Waals surface area contributed by atoms with Crippen molar-refractivity contribution in [2.45, 2.75) is 25.7 Å². The Labute approximate surface area is 160 Å². The maximum atomic E-state index is 13.7. The van der Waals surface area contributed by atoms with Gasteiger partial charge in [0.05, 0.1) is 22.6 Å². The molecule has 0 bridgehead atoms. The molecule has 0 N–H and O–H groups in total. The molecule has 3 aromatic rings. The first-order valence-electron chi connectivity index (χ1n) is 8.89. The molecule has 138 valence electrons. The van der Waals surface area contributed by atoms with E-state index in [0.717, 1.165) is 30.8 Å². The molecule has 0 spiro atoms. The molecule has 1 fully saturated rings. The van der Waals surface area contributed by atoms with Crippen molar-refractivity contribution in [1.29, 1.82) is 0 Å². The van der Waals surface area contributed by atoms with Gasteiger partial charge in [0.15, 0.2) is 0 Å². The number of piperidine rings is 1. The molecule has 4 rings (SSSR count). The molecule has 5 nitrogen and oxygen atoms in total. The highest BCUT2D eigenvalue weighted by Gasteiger charge is 2.29. The highest BCUT2D eigenvalue weighted by Crippen LogP contribution is 2.32. The van der Waals surface area contributed by atoms with Crippen LogP contribution in [-0.2, 0) is 0 Å². The van der Waals surface area contributed by atoms with E-state index < -0.39 is 0 Å². The Bertz CT molecular complexity index is 974. The lowest BCUT2D eigenvalue weighted by atomic mass is 9.91. The van der Waals surface area contributed by atoms with E-state index in [0.29, 0.717) is 22.7 Å². The summed E-state index contributed by atoms with van der Waals surface area (Å²) in [5, 5.41) is 0. The van der Waals surface area contributed by atoms with Gasteiger partial charge in [0.2, 0.25) is 0 Å². The summed E-state index contributed by atoms with van der Waals surface area (Å²) in [4.78, 5) is 28.6. The molecule has 0 radical (unpaired) electrons. The number of aromatic nitrogens is 3. The summed E-state index contributed by atoms with van der Waals surface area (Å²) in [6.45, 7) is 3.16. The number of thiazole rings is 1. The Kier molecular flexibility index (Phi) is 4.94. The van der Waals surface area contributed by atoms with Crippen LogP contribution in [0.2, 0.25) is 0 Å². The fourth-order valence-electron chi connectivity index (χ4n) is 3.54. The smallest absolute Gasteiger partial charge is 0.265 e. The maximum absolute atomic E-state index is 13.7. The number of hydrogen-bond donors (Lipinski definition) is 0. The molecule has 0 saturated carbocycles. The lowest BCUT2D eigenvalue weighted by Crippen LogP contribution is -2.39. The van der Waals surface area contributed by atoms with Gasteiger partial charge in [-0.3, -0.25) is 14.8 Å². The zero-order valence-electron chi connectivity index (χ0n) is 14.9. The second-order valence-electron chi connectivity index (χ2n) is 6.66. The summed E-state index contributed by atoms with van der Waals surface area (Å²) in [5.41, 5.74) is 4.69. The Morgan fingerprint density at radius 3 is 2.89 bits per heavy atom. The highest BCUT2D eigenvalue weighted by atomic mass is 32.1. The number of nitrogens with zero attached hydrogens (tertiary/aromatic N) is 4. The van der Waals surface area contributed by atoms with Crippen LogP contribution in [0.5, 0.6) is 0 Å². The van der Waals surface area contributed by atoms with E-state index in [4.69, 9.17) is 0 Å². The van der Waals surface area contributed by atoms with E-state index in [1.54, 1.807) is 24.0 Å². The van der Waals surface area contributed by atoms with Crippen LogP contribution < -0.4 is 0 Å². The molecule has 1 aliphatic heterocycles. The van der Waals surface area contributed by atoms with Crippen LogP contribution in [0.25, 0.3) is 11.3 Å². The van der Waals surface area contributed by atoms with Crippen molar-refractivity contribution in [2.24, 2.45) is 0 Å². The van der Waals surface area contributed by atoms with Crippen LogP contribution in [0.1, 0.15) is 39.8 Å². The number of likely N-dealkylation sites (tertiary alicyclic amines) is 1. The van der Waals surface area contributed by atoms with E-state index in [1.165, 1.54) is 23.5 Å². The Balaban J connectivity index is 1.63. The van der Waals surface area contributed by atoms with Crippen molar-refractivity contribution in [1.82, 2.24) is 19.9 Å². The number of carbonyl (C=O) groups is 1. The molecule has 1 aromatic carbocycles. The van der Waals surface area contributed by atoms with E-state index in [9.17, 15) is 9.18 Å². The van der Waals surface area contributed by atoms with Crippen LogP contribution in [0.4, 0.5) is 4.39 Å². The van der Waals surface area contributed by atoms with Crippen molar-refractivity contribution < 1.29 is 9.18 Å². The number of amides is 1. The molecule has 2 aromatic heterocycles. The molecule has 3 heterocycles. The van der Waals surface area contributed by atoms with Crippen molar-refractivity contribution in [3.8, 4) is 11.3 Å². The second kappa shape index (κ2) is 7.52.